The first-order chi connectivity index (χ1) is 7.36. The van der Waals surface area contributed by atoms with Crippen molar-refractivity contribution < 1.29 is 8.42 Å². The van der Waals surface area contributed by atoms with E-state index in [1.165, 1.54) is 6.07 Å². The molecule has 1 atom stereocenters. The molecule has 0 aliphatic carbocycles. The van der Waals surface area contributed by atoms with Gasteiger partial charge in [-0.05, 0) is 20.0 Å². The van der Waals surface area contributed by atoms with Crippen LogP contribution in [0.4, 0.5) is 0 Å². The number of hydrogen-bond donors (Lipinski definition) is 2. The molecule has 0 fully saturated rings. The second-order valence-corrected chi connectivity index (χ2v) is 7.25. The van der Waals surface area contributed by atoms with Gasteiger partial charge in [0.2, 0.25) is 10.0 Å². The molecule has 0 saturated carbocycles. The minimum atomic E-state index is -3.57. The maximum absolute atomic E-state index is 11.8. The second kappa shape index (κ2) is 5.66. The van der Waals surface area contributed by atoms with Crippen molar-refractivity contribution >= 4 is 44.6 Å². The summed E-state index contributed by atoms with van der Waals surface area (Å²) >= 11 is 12.5. The smallest absolute Gasteiger partial charge is 0.243 e. The van der Waals surface area contributed by atoms with Crippen LogP contribution in [-0.4, -0.2) is 28.1 Å². The fourth-order valence-corrected chi connectivity index (χ4v) is 4.20. The number of sulfonamides is 1. The maximum atomic E-state index is 11.8. The van der Waals surface area contributed by atoms with E-state index >= 15 is 0 Å². The van der Waals surface area contributed by atoms with Gasteiger partial charge in [-0.3, -0.25) is 0 Å². The van der Waals surface area contributed by atoms with E-state index in [4.69, 9.17) is 23.2 Å². The van der Waals surface area contributed by atoms with Crippen LogP contribution in [0.5, 0.6) is 0 Å². The van der Waals surface area contributed by atoms with Gasteiger partial charge in [0.25, 0.3) is 0 Å². The van der Waals surface area contributed by atoms with Crippen LogP contribution in [0.1, 0.15) is 6.92 Å². The Labute approximate surface area is 109 Å². The van der Waals surface area contributed by atoms with Crippen molar-refractivity contribution in [3.8, 4) is 0 Å². The molecule has 0 aliphatic rings. The van der Waals surface area contributed by atoms with Crippen molar-refractivity contribution in [2.75, 3.05) is 13.6 Å². The highest BCUT2D eigenvalue weighted by atomic mass is 35.5. The van der Waals surface area contributed by atoms with E-state index in [0.717, 1.165) is 11.3 Å². The van der Waals surface area contributed by atoms with Gasteiger partial charge < -0.3 is 5.32 Å². The Morgan fingerprint density at radius 2 is 2.12 bits per heavy atom. The summed E-state index contributed by atoms with van der Waals surface area (Å²) in [6, 6.07) is 1.39. The molecule has 0 radical (unpaired) electrons. The average molecular weight is 303 g/mol. The Kier molecular flexibility index (Phi) is 5.03. The van der Waals surface area contributed by atoms with Gasteiger partial charge in [0, 0.05) is 12.6 Å². The van der Waals surface area contributed by atoms with Gasteiger partial charge in [-0.1, -0.05) is 23.2 Å². The fourth-order valence-electron chi connectivity index (χ4n) is 0.923. The molecule has 4 nitrogen and oxygen atoms in total. The molecule has 1 unspecified atom stereocenters. The van der Waals surface area contributed by atoms with Crippen molar-refractivity contribution in [3.05, 3.63) is 14.7 Å². The summed E-state index contributed by atoms with van der Waals surface area (Å²) in [6.45, 7) is 2.16. The standard InChI is InChI=1S/C8H12Cl2N2O2S2/c1-5(11-2)4-12-16(13,14)6-3-7(9)15-8(6)10/h3,5,11-12H,4H2,1-2H3. The highest BCUT2D eigenvalue weighted by Crippen LogP contribution is 2.33. The predicted molar refractivity (Wildman–Crippen MR) is 68.0 cm³/mol. The molecule has 0 bridgehead atoms. The molecule has 0 amide bonds. The summed E-state index contributed by atoms with van der Waals surface area (Å²) in [5.74, 6) is 0. The van der Waals surface area contributed by atoms with Gasteiger partial charge in [0.15, 0.2) is 0 Å². The normalized spacial score (nSPS) is 14.0. The van der Waals surface area contributed by atoms with E-state index < -0.39 is 10.0 Å². The van der Waals surface area contributed by atoms with Crippen LogP contribution in [0, 0.1) is 0 Å². The van der Waals surface area contributed by atoms with Crippen molar-refractivity contribution in [2.24, 2.45) is 0 Å². The fraction of sp³-hybridized carbons (Fsp3) is 0.500. The number of thiophene rings is 1. The lowest BCUT2D eigenvalue weighted by Crippen LogP contribution is -2.37. The van der Waals surface area contributed by atoms with Crippen LogP contribution in [0.25, 0.3) is 0 Å². The minimum Gasteiger partial charge on any atom is -0.316 e. The average Bonchev–Trinajstić information content (AvgIpc) is 2.55. The predicted octanol–water partition coefficient (Wildman–Crippen LogP) is 1.94. The van der Waals surface area contributed by atoms with E-state index in [0.29, 0.717) is 10.9 Å². The van der Waals surface area contributed by atoms with E-state index in [2.05, 4.69) is 10.0 Å². The van der Waals surface area contributed by atoms with E-state index in [1.54, 1.807) is 7.05 Å². The highest BCUT2D eigenvalue weighted by Gasteiger charge is 2.20. The molecule has 1 aromatic heterocycles. The number of halogens is 2. The molecule has 2 N–H and O–H groups in total. The largest absolute Gasteiger partial charge is 0.316 e. The van der Waals surface area contributed by atoms with Crippen LogP contribution in [0.3, 0.4) is 0 Å². The van der Waals surface area contributed by atoms with E-state index in [-0.39, 0.29) is 15.3 Å². The van der Waals surface area contributed by atoms with Gasteiger partial charge in [0.1, 0.15) is 9.23 Å². The van der Waals surface area contributed by atoms with Crippen molar-refractivity contribution in [1.29, 1.82) is 0 Å². The number of rotatable bonds is 5. The van der Waals surface area contributed by atoms with Crippen LogP contribution in [0.15, 0.2) is 11.0 Å². The third-order valence-corrected chi connectivity index (χ3v) is 5.16. The van der Waals surface area contributed by atoms with Gasteiger partial charge >= 0.3 is 0 Å². The van der Waals surface area contributed by atoms with Crippen molar-refractivity contribution in [1.82, 2.24) is 10.0 Å². The Morgan fingerprint density at radius 1 is 1.50 bits per heavy atom. The monoisotopic (exact) mass is 302 g/mol. The molecular weight excluding hydrogens is 291 g/mol. The maximum Gasteiger partial charge on any atom is 0.243 e. The lowest BCUT2D eigenvalue weighted by molar-refractivity contribution is 0.554. The lowest BCUT2D eigenvalue weighted by Gasteiger charge is -2.11. The Hall–Kier alpha value is 0.150. The molecule has 1 aromatic rings. The van der Waals surface area contributed by atoms with Crippen molar-refractivity contribution in [3.63, 3.8) is 0 Å². The first-order valence-corrected chi connectivity index (χ1v) is 7.54. The summed E-state index contributed by atoms with van der Waals surface area (Å²) in [5, 5.41) is 2.93. The minimum absolute atomic E-state index is 0.0347. The van der Waals surface area contributed by atoms with E-state index in [9.17, 15) is 8.42 Å². The molecule has 16 heavy (non-hydrogen) atoms. The molecule has 0 spiro atoms. The van der Waals surface area contributed by atoms with Crippen LogP contribution >= 0.6 is 34.5 Å². The van der Waals surface area contributed by atoms with Gasteiger partial charge in [-0.2, -0.15) is 0 Å². The Bertz CT molecular complexity index is 459. The van der Waals surface area contributed by atoms with Gasteiger partial charge in [-0.25, -0.2) is 13.1 Å². The van der Waals surface area contributed by atoms with Gasteiger partial charge in [0.05, 0.1) is 4.34 Å². The molecule has 92 valence electrons. The molecule has 0 aromatic carbocycles. The Morgan fingerprint density at radius 3 is 2.56 bits per heavy atom. The number of nitrogens with one attached hydrogen (secondary N) is 2. The summed E-state index contributed by atoms with van der Waals surface area (Å²) in [7, 11) is -1.81. The second-order valence-electron chi connectivity index (χ2n) is 3.23. The lowest BCUT2D eigenvalue weighted by atomic mass is 10.4. The quantitative estimate of drug-likeness (QED) is 0.874. The third kappa shape index (κ3) is 3.58. The van der Waals surface area contributed by atoms with Gasteiger partial charge in [-0.15, -0.1) is 11.3 Å². The molecule has 0 aliphatic heterocycles. The first-order valence-electron chi connectivity index (χ1n) is 4.48. The van der Waals surface area contributed by atoms with Crippen LogP contribution < -0.4 is 10.0 Å². The zero-order valence-corrected chi connectivity index (χ0v) is 11.9. The Balaban J connectivity index is 2.82. The summed E-state index contributed by atoms with van der Waals surface area (Å²) in [4.78, 5) is 0.0347. The molecule has 1 rings (SSSR count). The molecule has 8 heteroatoms. The first kappa shape index (κ1) is 14.2. The highest BCUT2D eigenvalue weighted by molar-refractivity contribution is 7.89. The zero-order valence-electron chi connectivity index (χ0n) is 8.75. The number of likely N-dealkylation sites (N-methyl/N-ethyl adjacent to an activating group) is 1. The third-order valence-electron chi connectivity index (χ3n) is 1.99. The topological polar surface area (TPSA) is 58.2 Å². The SMILES string of the molecule is CNC(C)CNS(=O)(=O)c1cc(Cl)sc1Cl. The van der Waals surface area contributed by atoms with E-state index in [1.807, 2.05) is 6.92 Å². The van der Waals surface area contributed by atoms with Crippen LogP contribution in [0.2, 0.25) is 8.67 Å². The summed E-state index contributed by atoms with van der Waals surface area (Å²) < 4.78 is 26.6. The molecule has 1 heterocycles. The summed E-state index contributed by atoms with van der Waals surface area (Å²) in [5.41, 5.74) is 0. The van der Waals surface area contributed by atoms with Crippen LogP contribution in [-0.2, 0) is 10.0 Å². The molecular formula is C8H12Cl2N2O2S2. The summed E-state index contributed by atoms with van der Waals surface area (Å²) in [6.07, 6.45) is 0. The zero-order chi connectivity index (χ0) is 12.3. The number of hydrogen-bond acceptors (Lipinski definition) is 4. The van der Waals surface area contributed by atoms with Crippen molar-refractivity contribution in [2.45, 2.75) is 17.9 Å². The molecule has 0 saturated heterocycles.